The molecule has 96 valence electrons. The van der Waals surface area contributed by atoms with Gasteiger partial charge >= 0.3 is 0 Å². The summed E-state index contributed by atoms with van der Waals surface area (Å²) in [7, 11) is -1.94. The quantitative estimate of drug-likeness (QED) is 0.912. The lowest BCUT2D eigenvalue weighted by Crippen LogP contribution is -2.26. The molecule has 2 aromatic rings. The molecule has 0 bridgehead atoms. The van der Waals surface area contributed by atoms with Crippen molar-refractivity contribution in [3.05, 3.63) is 47.7 Å². The van der Waals surface area contributed by atoms with Crippen LogP contribution in [-0.2, 0) is 16.6 Å². The van der Waals surface area contributed by atoms with Crippen LogP contribution >= 0.6 is 0 Å². The molecular formula is C12H15N3O2S. The highest BCUT2D eigenvalue weighted by Crippen LogP contribution is 2.14. The van der Waals surface area contributed by atoms with Crippen molar-refractivity contribution in [1.82, 2.24) is 14.5 Å². The number of hydrogen-bond donors (Lipinski definition) is 1. The van der Waals surface area contributed by atoms with Crippen LogP contribution in [0.25, 0.3) is 0 Å². The summed E-state index contributed by atoms with van der Waals surface area (Å²) in [6.45, 7) is 2.32. The Morgan fingerprint density at radius 1 is 1.33 bits per heavy atom. The minimum absolute atomic E-state index is 0.109. The van der Waals surface area contributed by atoms with Crippen molar-refractivity contribution in [2.75, 3.05) is 7.05 Å². The molecule has 0 radical (unpaired) electrons. The predicted molar refractivity (Wildman–Crippen MR) is 68.4 cm³/mol. The van der Waals surface area contributed by atoms with Crippen LogP contribution in [0.3, 0.4) is 0 Å². The van der Waals surface area contributed by atoms with Crippen molar-refractivity contribution < 1.29 is 8.42 Å². The molecule has 1 heterocycles. The van der Waals surface area contributed by atoms with E-state index >= 15 is 0 Å². The minimum Gasteiger partial charge on any atom is -0.266 e. The van der Waals surface area contributed by atoms with Crippen LogP contribution in [0.15, 0.2) is 41.6 Å². The molecule has 0 atom stereocenters. The molecule has 0 aliphatic rings. The third kappa shape index (κ3) is 2.60. The van der Waals surface area contributed by atoms with Gasteiger partial charge in [0.15, 0.2) is 5.03 Å². The number of nitrogens with one attached hydrogen (secondary N) is 1. The lowest BCUT2D eigenvalue weighted by Gasteiger charge is -2.16. The number of H-pyrrole nitrogens is 1. The first-order valence-electron chi connectivity index (χ1n) is 5.51. The van der Waals surface area contributed by atoms with Gasteiger partial charge in [0, 0.05) is 13.6 Å². The zero-order valence-corrected chi connectivity index (χ0v) is 11.1. The molecule has 18 heavy (non-hydrogen) atoms. The molecule has 0 fully saturated rings. The normalized spacial score (nSPS) is 11.9. The second-order valence-electron chi connectivity index (χ2n) is 4.17. The largest absolute Gasteiger partial charge is 0.266 e. The first kappa shape index (κ1) is 12.8. The van der Waals surface area contributed by atoms with Gasteiger partial charge in [0.05, 0.1) is 6.20 Å². The Hall–Kier alpha value is -1.66. The van der Waals surface area contributed by atoms with E-state index < -0.39 is 10.0 Å². The van der Waals surface area contributed by atoms with Crippen molar-refractivity contribution in [2.45, 2.75) is 18.5 Å². The first-order valence-corrected chi connectivity index (χ1v) is 6.95. The number of hydrogen-bond acceptors (Lipinski definition) is 3. The maximum Gasteiger partial charge on any atom is 0.260 e. The van der Waals surface area contributed by atoms with E-state index in [0.717, 1.165) is 11.1 Å². The van der Waals surface area contributed by atoms with Gasteiger partial charge in [-0.2, -0.15) is 9.40 Å². The molecule has 0 unspecified atom stereocenters. The van der Waals surface area contributed by atoms with Crippen LogP contribution in [0, 0.1) is 6.92 Å². The van der Waals surface area contributed by atoms with Crippen LogP contribution in [0.5, 0.6) is 0 Å². The van der Waals surface area contributed by atoms with Crippen molar-refractivity contribution in [3.8, 4) is 0 Å². The Morgan fingerprint density at radius 2 is 2.11 bits per heavy atom. The molecule has 0 saturated heterocycles. The Bertz CT molecular complexity index is 621. The Morgan fingerprint density at radius 3 is 2.72 bits per heavy atom. The Kier molecular flexibility index (Phi) is 3.49. The third-order valence-electron chi connectivity index (χ3n) is 2.65. The number of aromatic nitrogens is 2. The van der Waals surface area contributed by atoms with Gasteiger partial charge in [-0.05, 0) is 18.6 Å². The average molecular weight is 265 g/mol. The molecule has 1 aromatic heterocycles. The van der Waals surface area contributed by atoms with E-state index in [0.29, 0.717) is 6.54 Å². The fourth-order valence-electron chi connectivity index (χ4n) is 1.71. The van der Waals surface area contributed by atoms with Gasteiger partial charge in [-0.25, -0.2) is 8.42 Å². The molecule has 1 aromatic carbocycles. The maximum atomic E-state index is 12.1. The van der Waals surface area contributed by atoms with Crippen LogP contribution in [0.4, 0.5) is 0 Å². The molecule has 0 aliphatic carbocycles. The highest BCUT2D eigenvalue weighted by molar-refractivity contribution is 7.89. The second kappa shape index (κ2) is 4.91. The molecule has 0 aliphatic heterocycles. The topological polar surface area (TPSA) is 66.1 Å². The Balaban J connectivity index is 2.20. The second-order valence-corrected chi connectivity index (χ2v) is 6.18. The van der Waals surface area contributed by atoms with Crippen LogP contribution in [0.2, 0.25) is 0 Å². The molecular weight excluding hydrogens is 250 g/mol. The molecule has 6 heteroatoms. The van der Waals surface area contributed by atoms with E-state index in [1.165, 1.54) is 16.6 Å². The van der Waals surface area contributed by atoms with Crippen LogP contribution in [0.1, 0.15) is 11.1 Å². The van der Waals surface area contributed by atoms with E-state index in [4.69, 9.17) is 0 Å². The summed E-state index contributed by atoms with van der Waals surface area (Å²) in [4.78, 5) is 0. The molecule has 2 rings (SSSR count). The maximum absolute atomic E-state index is 12.1. The van der Waals surface area contributed by atoms with Gasteiger partial charge in [0.25, 0.3) is 10.0 Å². The molecule has 0 saturated carbocycles. The SMILES string of the molecule is Cc1cccc(CN(C)S(=O)(=O)c2ccn[nH]2)c1. The van der Waals surface area contributed by atoms with Crippen molar-refractivity contribution in [3.63, 3.8) is 0 Å². The molecule has 0 amide bonds. The summed E-state index contributed by atoms with van der Waals surface area (Å²) in [5.74, 6) is 0. The summed E-state index contributed by atoms with van der Waals surface area (Å²) in [6, 6.07) is 9.22. The average Bonchev–Trinajstić information content (AvgIpc) is 2.82. The summed E-state index contributed by atoms with van der Waals surface area (Å²) in [6.07, 6.45) is 1.42. The fraction of sp³-hybridized carbons (Fsp3) is 0.250. The zero-order chi connectivity index (χ0) is 13.2. The summed E-state index contributed by atoms with van der Waals surface area (Å²) >= 11 is 0. The summed E-state index contributed by atoms with van der Waals surface area (Å²) < 4.78 is 25.6. The van der Waals surface area contributed by atoms with Gasteiger partial charge in [-0.15, -0.1) is 0 Å². The van der Waals surface area contributed by atoms with E-state index in [2.05, 4.69) is 10.2 Å². The lowest BCUT2D eigenvalue weighted by atomic mass is 10.1. The fourth-order valence-corrected chi connectivity index (χ4v) is 2.76. The van der Waals surface area contributed by atoms with Crippen molar-refractivity contribution in [2.24, 2.45) is 0 Å². The van der Waals surface area contributed by atoms with Crippen LogP contribution < -0.4 is 0 Å². The summed E-state index contributed by atoms with van der Waals surface area (Å²) in [5.41, 5.74) is 2.07. The summed E-state index contributed by atoms with van der Waals surface area (Å²) in [5, 5.41) is 6.25. The van der Waals surface area contributed by atoms with E-state index in [-0.39, 0.29) is 5.03 Å². The number of nitrogens with zero attached hydrogens (tertiary/aromatic N) is 2. The monoisotopic (exact) mass is 265 g/mol. The highest BCUT2D eigenvalue weighted by Gasteiger charge is 2.21. The Labute approximate surface area is 107 Å². The molecule has 0 spiro atoms. The minimum atomic E-state index is -3.49. The predicted octanol–water partition coefficient (Wildman–Crippen LogP) is 1.54. The van der Waals surface area contributed by atoms with E-state index in [9.17, 15) is 8.42 Å². The van der Waals surface area contributed by atoms with E-state index in [1.807, 2.05) is 31.2 Å². The smallest absolute Gasteiger partial charge is 0.260 e. The number of aryl methyl sites for hydroxylation is 1. The standard InChI is InChI=1S/C12H15N3O2S/c1-10-4-3-5-11(8-10)9-15(2)18(16,17)12-6-7-13-14-12/h3-8H,9H2,1-2H3,(H,13,14). The molecule has 1 N–H and O–H groups in total. The zero-order valence-electron chi connectivity index (χ0n) is 10.3. The van der Waals surface area contributed by atoms with Gasteiger partial charge in [0.1, 0.15) is 0 Å². The number of rotatable bonds is 4. The van der Waals surface area contributed by atoms with Crippen molar-refractivity contribution >= 4 is 10.0 Å². The van der Waals surface area contributed by atoms with Gasteiger partial charge < -0.3 is 0 Å². The highest BCUT2D eigenvalue weighted by atomic mass is 32.2. The van der Waals surface area contributed by atoms with Gasteiger partial charge in [-0.1, -0.05) is 29.8 Å². The molecule has 5 nitrogen and oxygen atoms in total. The lowest BCUT2D eigenvalue weighted by molar-refractivity contribution is 0.463. The number of sulfonamides is 1. The van der Waals surface area contributed by atoms with E-state index in [1.54, 1.807) is 7.05 Å². The van der Waals surface area contributed by atoms with Crippen molar-refractivity contribution in [1.29, 1.82) is 0 Å². The van der Waals surface area contributed by atoms with Crippen LogP contribution in [-0.4, -0.2) is 30.0 Å². The third-order valence-corrected chi connectivity index (χ3v) is 4.38. The number of aromatic amines is 1. The number of benzene rings is 1. The first-order chi connectivity index (χ1) is 8.50. The van der Waals surface area contributed by atoms with Gasteiger partial charge in [0.2, 0.25) is 0 Å². The van der Waals surface area contributed by atoms with Gasteiger partial charge in [-0.3, -0.25) is 5.10 Å².